The molecular weight excluding hydrogens is 248 g/mol. The maximum absolute atomic E-state index is 11.6. The highest BCUT2D eigenvalue weighted by atomic mass is 32.2. The highest BCUT2D eigenvalue weighted by Crippen LogP contribution is 2.04. The van der Waals surface area contributed by atoms with Crippen LogP contribution >= 0.6 is 0 Å². The minimum atomic E-state index is -3.01. The van der Waals surface area contributed by atoms with E-state index in [1.807, 2.05) is 0 Å². The molecule has 2 N–H and O–H groups in total. The zero-order valence-corrected chi connectivity index (χ0v) is 10.4. The average molecular weight is 264 g/mol. The van der Waals surface area contributed by atoms with Gasteiger partial charge in [0.2, 0.25) is 0 Å². The van der Waals surface area contributed by atoms with Gasteiger partial charge in [0, 0.05) is 19.1 Å². The lowest BCUT2D eigenvalue weighted by molar-refractivity contribution is -0.137. The fraction of sp³-hybridized carbons (Fsp3) is 0.778. The van der Waals surface area contributed by atoms with E-state index in [4.69, 9.17) is 5.11 Å². The van der Waals surface area contributed by atoms with Crippen molar-refractivity contribution in [3.63, 3.8) is 0 Å². The number of carbonyl (C=O) groups excluding carboxylic acids is 1. The largest absolute Gasteiger partial charge is 0.481 e. The fourth-order valence-corrected chi connectivity index (χ4v) is 2.73. The molecule has 1 saturated heterocycles. The first-order valence-corrected chi connectivity index (χ1v) is 7.10. The van der Waals surface area contributed by atoms with E-state index in [1.165, 1.54) is 4.90 Å². The number of hydrogen-bond donors (Lipinski definition) is 2. The number of urea groups is 1. The Morgan fingerprint density at radius 1 is 1.35 bits per heavy atom. The quantitative estimate of drug-likeness (QED) is 0.700. The van der Waals surface area contributed by atoms with E-state index in [1.54, 1.807) is 6.92 Å². The van der Waals surface area contributed by atoms with Crippen LogP contribution in [0.4, 0.5) is 4.79 Å². The van der Waals surface area contributed by atoms with Crippen LogP contribution in [0.5, 0.6) is 0 Å². The van der Waals surface area contributed by atoms with E-state index in [0.717, 1.165) is 0 Å². The molecule has 1 atom stereocenters. The molecule has 8 heteroatoms. The van der Waals surface area contributed by atoms with Crippen LogP contribution in [-0.2, 0) is 14.6 Å². The van der Waals surface area contributed by atoms with Crippen LogP contribution in [0.15, 0.2) is 0 Å². The summed E-state index contributed by atoms with van der Waals surface area (Å²) in [6, 6.07) is -0.882. The molecule has 7 nitrogen and oxygen atoms in total. The molecule has 0 aromatic carbocycles. The molecule has 1 aliphatic heterocycles. The Bertz CT molecular complexity index is 392. The van der Waals surface area contributed by atoms with Gasteiger partial charge in [-0.25, -0.2) is 13.2 Å². The zero-order valence-electron chi connectivity index (χ0n) is 9.55. The lowest BCUT2D eigenvalue weighted by Crippen LogP contribution is -2.50. The number of nitrogens with one attached hydrogen (secondary N) is 1. The van der Waals surface area contributed by atoms with Gasteiger partial charge < -0.3 is 15.3 Å². The molecule has 1 aliphatic rings. The Kier molecular flexibility index (Phi) is 4.33. The van der Waals surface area contributed by atoms with Crippen molar-refractivity contribution >= 4 is 21.8 Å². The Morgan fingerprint density at radius 3 is 2.35 bits per heavy atom. The third-order valence-electron chi connectivity index (χ3n) is 2.48. The molecule has 17 heavy (non-hydrogen) atoms. The number of rotatable bonds is 3. The first-order valence-electron chi connectivity index (χ1n) is 5.28. The summed E-state index contributed by atoms with van der Waals surface area (Å²) < 4.78 is 22.3. The minimum Gasteiger partial charge on any atom is -0.481 e. The van der Waals surface area contributed by atoms with E-state index >= 15 is 0 Å². The normalized spacial score (nSPS) is 20.6. The number of carboxylic acids is 1. The maximum Gasteiger partial charge on any atom is 0.317 e. The van der Waals surface area contributed by atoms with E-state index in [-0.39, 0.29) is 31.0 Å². The maximum atomic E-state index is 11.6. The summed E-state index contributed by atoms with van der Waals surface area (Å²) in [6.45, 7) is 1.91. The van der Waals surface area contributed by atoms with Gasteiger partial charge in [-0.15, -0.1) is 0 Å². The van der Waals surface area contributed by atoms with Crippen LogP contribution in [0.2, 0.25) is 0 Å². The molecule has 1 fully saturated rings. The summed E-state index contributed by atoms with van der Waals surface area (Å²) in [4.78, 5) is 23.4. The van der Waals surface area contributed by atoms with Gasteiger partial charge in [0.15, 0.2) is 9.84 Å². The predicted octanol–water partition coefficient (Wildman–Crippen LogP) is -0.710. The molecule has 0 bridgehead atoms. The zero-order chi connectivity index (χ0) is 13.1. The molecular formula is C9H16N2O5S. The number of carbonyl (C=O) groups is 2. The smallest absolute Gasteiger partial charge is 0.317 e. The molecule has 0 radical (unpaired) electrons. The van der Waals surface area contributed by atoms with Gasteiger partial charge in [-0.2, -0.15) is 0 Å². The summed E-state index contributed by atoms with van der Waals surface area (Å²) in [7, 11) is -3.01. The number of sulfone groups is 1. The summed E-state index contributed by atoms with van der Waals surface area (Å²) >= 11 is 0. The van der Waals surface area contributed by atoms with Crippen LogP contribution in [0.25, 0.3) is 0 Å². The standard InChI is InChI=1S/C9H16N2O5S/c1-7(6-8(12)13)10-9(14)11-2-4-17(15,16)5-3-11/h7H,2-6H2,1H3,(H,10,14)(H,12,13). The van der Waals surface area contributed by atoms with Crippen molar-refractivity contribution in [2.45, 2.75) is 19.4 Å². The molecule has 0 aliphatic carbocycles. The average Bonchev–Trinajstić information content (AvgIpc) is 2.15. The predicted molar refractivity (Wildman–Crippen MR) is 60.5 cm³/mol. The van der Waals surface area contributed by atoms with Crippen LogP contribution in [0, 0.1) is 0 Å². The van der Waals surface area contributed by atoms with Crippen LogP contribution in [0.1, 0.15) is 13.3 Å². The highest BCUT2D eigenvalue weighted by molar-refractivity contribution is 7.91. The van der Waals surface area contributed by atoms with Crippen LogP contribution in [0.3, 0.4) is 0 Å². The van der Waals surface area contributed by atoms with Crippen molar-refractivity contribution in [3.8, 4) is 0 Å². The Hall–Kier alpha value is -1.31. The summed E-state index contributed by atoms with van der Waals surface area (Å²) in [5.74, 6) is -1.06. The molecule has 0 aromatic heterocycles. The van der Waals surface area contributed by atoms with E-state index in [0.29, 0.717) is 0 Å². The second-order valence-corrected chi connectivity index (χ2v) is 6.39. The van der Waals surface area contributed by atoms with Gasteiger partial charge in [-0.1, -0.05) is 0 Å². The summed E-state index contributed by atoms with van der Waals surface area (Å²) in [5.41, 5.74) is 0. The van der Waals surface area contributed by atoms with Crippen LogP contribution in [-0.4, -0.2) is 61.1 Å². The van der Waals surface area contributed by atoms with E-state index in [9.17, 15) is 18.0 Å². The van der Waals surface area contributed by atoms with E-state index in [2.05, 4.69) is 5.32 Å². The molecule has 0 spiro atoms. The number of nitrogens with zero attached hydrogens (tertiary/aromatic N) is 1. The SMILES string of the molecule is CC(CC(=O)O)NC(=O)N1CCS(=O)(=O)CC1. The molecule has 2 amide bonds. The molecule has 1 unspecified atom stereocenters. The molecule has 1 rings (SSSR count). The Balaban J connectivity index is 2.41. The lowest BCUT2D eigenvalue weighted by Gasteiger charge is -2.28. The van der Waals surface area contributed by atoms with Crippen molar-refractivity contribution in [2.24, 2.45) is 0 Å². The van der Waals surface area contributed by atoms with E-state index < -0.39 is 27.9 Å². The van der Waals surface area contributed by atoms with Crippen molar-refractivity contribution in [2.75, 3.05) is 24.6 Å². The number of aliphatic carboxylic acids is 1. The Labute approximate surface area is 99.7 Å². The Morgan fingerprint density at radius 2 is 1.88 bits per heavy atom. The molecule has 0 saturated carbocycles. The number of amides is 2. The molecule has 0 aromatic rings. The highest BCUT2D eigenvalue weighted by Gasteiger charge is 2.25. The third kappa shape index (κ3) is 4.59. The van der Waals surface area contributed by atoms with Crippen LogP contribution < -0.4 is 5.32 Å². The van der Waals surface area contributed by atoms with Gasteiger partial charge in [0.25, 0.3) is 0 Å². The van der Waals surface area contributed by atoms with Gasteiger partial charge in [-0.3, -0.25) is 4.79 Å². The van der Waals surface area contributed by atoms with Crippen molar-refractivity contribution in [1.29, 1.82) is 0 Å². The van der Waals surface area contributed by atoms with Gasteiger partial charge >= 0.3 is 12.0 Å². The van der Waals surface area contributed by atoms with Gasteiger partial charge in [0.05, 0.1) is 17.9 Å². The topological polar surface area (TPSA) is 104 Å². The van der Waals surface area contributed by atoms with Gasteiger partial charge in [-0.05, 0) is 6.92 Å². The molecule has 1 heterocycles. The van der Waals surface area contributed by atoms with Crippen molar-refractivity contribution in [1.82, 2.24) is 10.2 Å². The van der Waals surface area contributed by atoms with Crippen molar-refractivity contribution < 1.29 is 23.1 Å². The van der Waals surface area contributed by atoms with Crippen molar-refractivity contribution in [3.05, 3.63) is 0 Å². The first kappa shape index (κ1) is 13.8. The summed E-state index contributed by atoms with van der Waals surface area (Å²) in [6.07, 6.45) is -0.155. The second kappa shape index (κ2) is 5.35. The number of carboxylic acid groups (broad SMARTS) is 1. The first-order chi connectivity index (χ1) is 7.80. The van der Waals surface area contributed by atoms with Gasteiger partial charge in [0.1, 0.15) is 0 Å². The second-order valence-electron chi connectivity index (χ2n) is 4.09. The fourth-order valence-electron chi connectivity index (χ4n) is 1.53. The summed E-state index contributed by atoms with van der Waals surface area (Å²) in [5, 5.41) is 11.1. The lowest BCUT2D eigenvalue weighted by atomic mass is 10.2. The molecule has 98 valence electrons. The minimum absolute atomic E-state index is 0.0340. The third-order valence-corrected chi connectivity index (χ3v) is 4.09. The number of hydrogen-bond acceptors (Lipinski definition) is 4. The monoisotopic (exact) mass is 264 g/mol.